The summed E-state index contributed by atoms with van der Waals surface area (Å²) in [6, 6.07) is 1.59. The Kier molecular flexibility index (Phi) is 3.38. The largest absolute Gasteiger partial charge is 0.351 e. The molecule has 2 rings (SSSR count). The molecule has 0 bridgehead atoms. The Morgan fingerprint density at radius 2 is 2.44 bits per heavy atom. The molecule has 0 spiro atoms. The molecule has 0 saturated heterocycles. The van der Waals surface area contributed by atoms with Crippen LogP contribution in [-0.2, 0) is 6.42 Å². The Bertz CT molecular complexity index is 547. The van der Waals surface area contributed by atoms with Crippen LogP contribution in [0.15, 0.2) is 16.8 Å². The van der Waals surface area contributed by atoms with Gasteiger partial charge in [-0.25, -0.2) is 0 Å². The average molecular weight is 251 g/mol. The van der Waals surface area contributed by atoms with E-state index in [4.69, 9.17) is 4.52 Å². The van der Waals surface area contributed by atoms with Crippen molar-refractivity contribution >= 4 is 5.69 Å². The third-order valence-electron chi connectivity index (χ3n) is 2.56. The van der Waals surface area contributed by atoms with E-state index in [-0.39, 0.29) is 17.6 Å². The Morgan fingerprint density at radius 1 is 1.67 bits per heavy atom. The normalized spacial score (nSPS) is 12.6. The van der Waals surface area contributed by atoms with Gasteiger partial charge < -0.3 is 14.8 Å². The van der Waals surface area contributed by atoms with E-state index >= 15 is 0 Å². The van der Waals surface area contributed by atoms with Crippen LogP contribution in [0.4, 0.5) is 5.69 Å². The first-order chi connectivity index (χ1) is 8.60. The molecule has 18 heavy (non-hydrogen) atoms. The SMILES string of the molecule is CNC(C)Cc1noc(-c2cc([N+](=O)[O-])c[nH]2)n1. The van der Waals surface area contributed by atoms with Crippen LogP contribution in [-0.4, -0.2) is 33.1 Å². The fraction of sp³-hybridized carbons (Fsp3) is 0.400. The molecule has 2 aromatic rings. The molecule has 0 aromatic carbocycles. The quantitative estimate of drug-likeness (QED) is 0.608. The van der Waals surface area contributed by atoms with Gasteiger partial charge in [-0.15, -0.1) is 0 Å². The lowest BCUT2D eigenvalue weighted by Gasteiger charge is -2.04. The number of hydrogen-bond donors (Lipinski definition) is 2. The summed E-state index contributed by atoms with van der Waals surface area (Å²) in [5, 5.41) is 17.4. The first-order valence-corrected chi connectivity index (χ1v) is 5.43. The average Bonchev–Trinajstić information content (AvgIpc) is 2.96. The van der Waals surface area contributed by atoms with Gasteiger partial charge in [0.25, 0.3) is 11.6 Å². The highest BCUT2D eigenvalue weighted by molar-refractivity contribution is 5.52. The molecule has 96 valence electrons. The lowest BCUT2D eigenvalue weighted by molar-refractivity contribution is -0.384. The van der Waals surface area contributed by atoms with Crippen molar-refractivity contribution in [3.63, 3.8) is 0 Å². The molecule has 0 radical (unpaired) electrons. The summed E-state index contributed by atoms with van der Waals surface area (Å²) in [6.45, 7) is 2.00. The molecule has 8 nitrogen and oxygen atoms in total. The minimum Gasteiger partial charge on any atom is -0.351 e. The van der Waals surface area contributed by atoms with Gasteiger partial charge in [0.05, 0.1) is 11.1 Å². The van der Waals surface area contributed by atoms with Crippen LogP contribution < -0.4 is 5.32 Å². The van der Waals surface area contributed by atoms with Gasteiger partial charge in [-0.1, -0.05) is 5.16 Å². The molecule has 0 fully saturated rings. The fourth-order valence-corrected chi connectivity index (χ4v) is 1.43. The van der Waals surface area contributed by atoms with Crippen molar-refractivity contribution in [2.24, 2.45) is 0 Å². The Hall–Kier alpha value is -2.22. The van der Waals surface area contributed by atoms with E-state index in [9.17, 15) is 10.1 Å². The minimum atomic E-state index is -0.486. The van der Waals surface area contributed by atoms with Gasteiger partial charge in [-0.05, 0) is 14.0 Å². The van der Waals surface area contributed by atoms with Gasteiger partial charge in [-0.3, -0.25) is 10.1 Å². The van der Waals surface area contributed by atoms with Crippen LogP contribution in [0.3, 0.4) is 0 Å². The van der Waals surface area contributed by atoms with Crippen LogP contribution in [0, 0.1) is 10.1 Å². The van der Waals surface area contributed by atoms with Crippen LogP contribution in [0.2, 0.25) is 0 Å². The van der Waals surface area contributed by atoms with Crippen molar-refractivity contribution in [1.29, 1.82) is 0 Å². The van der Waals surface area contributed by atoms with Crippen molar-refractivity contribution in [2.45, 2.75) is 19.4 Å². The molecule has 2 aromatic heterocycles. The van der Waals surface area contributed by atoms with Gasteiger partial charge in [0.15, 0.2) is 5.82 Å². The maximum atomic E-state index is 10.5. The number of rotatable bonds is 5. The molecule has 8 heteroatoms. The topological polar surface area (TPSA) is 110 Å². The number of H-pyrrole nitrogens is 1. The lowest BCUT2D eigenvalue weighted by Crippen LogP contribution is -2.24. The smallest absolute Gasteiger partial charge is 0.287 e. The van der Waals surface area contributed by atoms with Crippen LogP contribution in [0.5, 0.6) is 0 Å². The minimum absolute atomic E-state index is 0.0339. The maximum Gasteiger partial charge on any atom is 0.287 e. The molecule has 0 aliphatic carbocycles. The zero-order valence-electron chi connectivity index (χ0n) is 10.0. The van der Waals surface area contributed by atoms with Crippen LogP contribution in [0.25, 0.3) is 11.6 Å². The van der Waals surface area contributed by atoms with Crippen LogP contribution >= 0.6 is 0 Å². The number of hydrogen-bond acceptors (Lipinski definition) is 6. The Balaban J connectivity index is 2.16. The first-order valence-electron chi connectivity index (χ1n) is 5.43. The first kappa shape index (κ1) is 12.2. The zero-order valence-corrected chi connectivity index (χ0v) is 10.0. The summed E-state index contributed by atoms with van der Waals surface area (Å²) in [6.07, 6.45) is 1.91. The standard InChI is InChI=1S/C10H13N5O3/c1-6(11-2)3-9-13-10(18-14-9)8-4-7(5-12-8)15(16)17/h4-6,11-12H,3H2,1-2H3. The second-order valence-electron chi connectivity index (χ2n) is 3.94. The van der Waals surface area contributed by atoms with E-state index in [1.807, 2.05) is 14.0 Å². The summed E-state index contributed by atoms with van der Waals surface area (Å²) < 4.78 is 5.05. The predicted molar refractivity (Wildman–Crippen MR) is 63.0 cm³/mol. The van der Waals surface area contributed by atoms with E-state index in [1.54, 1.807) is 0 Å². The van der Waals surface area contributed by atoms with Crippen molar-refractivity contribution in [1.82, 2.24) is 20.4 Å². The molecular formula is C10H13N5O3. The fourth-order valence-electron chi connectivity index (χ4n) is 1.43. The van der Waals surface area contributed by atoms with Crippen molar-refractivity contribution in [2.75, 3.05) is 7.05 Å². The molecule has 1 atom stereocenters. The summed E-state index contributed by atoms with van der Waals surface area (Å²) in [4.78, 5) is 17.0. The highest BCUT2D eigenvalue weighted by Gasteiger charge is 2.16. The third kappa shape index (κ3) is 2.54. The molecule has 0 amide bonds. The summed E-state index contributed by atoms with van der Waals surface area (Å²) in [7, 11) is 1.85. The monoisotopic (exact) mass is 251 g/mol. The molecule has 0 aliphatic rings. The molecule has 0 saturated carbocycles. The van der Waals surface area contributed by atoms with Gasteiger partial charge >= 0.3 is 0 Å². The second-order valence-corrected chi connectivity index (χ2v) is 3.94. The van der Waals surface area contributed by atoms with E-state index in [0.29, 0.717) is 17.9 Å². The third-order valence-corrected chi connectivity index (χ3v) is 2.56. The van der Waals surface area contributed by atoms with E-state index in [0.717, 1.165) is 0 Å². The summed E-state index contributed by atoms with van der Waals surface area (Å²) in [5.41, 5.74) is 0.408. The summed E-state index contributed by atoms with van der Waals surface area (Å²) in [5.74, 6) is 0.811. The number of likely N-dealkylation sites (N-methyl/N-ethyl adjacent to an activating group) is 1. The Labute approximate surface area is 103 Å². The second kappa shape index (κ2) is 4.96. The zero-order chi connectivity index (χ0) is 13.1. The number of nitrogens with one attached hydrogen (secondary N) is 2. The van der Waals surface area contributed by atoms with Crippen LogP contribution in [0.1, 0.15) is 12.7 Å². The van der Waals surface area contributed by atoms with Gasteiger partial charge in [0, 0.05) is 18.5 Å². The van der Waals surface area contributed by atoms with E-state index in [2.05, 4.69) is 20.4 Å². The molecule has 1 unspecified atom stereocenters. The number of nitrogens with zero attached hydrogens (tertiary/aromatic N) is 3. The molecule has 2 heterocycles. The molecule has 2 N–H and O–H groups in total. The highest BCUT2D eigenvalue weighted by Crippen LogP contribution is 2.21. The Morgan fingerprint density at radius 3 is 3.06 bits per heavy atom. The number of nitro groups is 1. The summed E-state index contributed by atoms with van der Waals surface area (Å²) >= 11 is 0. The van der Waals surface area contributed by atoms with E-state index in [1.165, 1.54) is 12.3 Å². The number of aromatic nitrogens is 3. The van der Waals surface area contributed by atoms with Gasteiger partial charge in [0.2, 0.25) is 0 Å². The lowest BCUT2D eigenvalue weighted by atomic mass is 10.2. The molecular weight excluding hydrogens is 238 g/mol. The van der Waals surface area contributed by atoms with Gasteiger partial charge in [-0.2, -0.15) is 4.98 Å². The maximum absolute atomic E-state index is 10.5. The number of aromatic amines is 1. The highest BCUT2D eigenvalue weighted by atomic mass is 16.6. The van der Waals surface area contributed by atoms with E-state index < -0.39 is 4.92 Å². The van der Waals surface area contributed by atoms with Crippen molar-refractivity contribution in [3.8, 4) is 11.6 Å². The predicted octanol–water partition coefficient (Wildman–Crippen LogP) is 1.12. The molecule has 0 aliphatic heterocycles. The van der Waals surface area contributed by atoms with Gasteiger partial charge in [0.1, 0.15) is 5.69 Å². The van der Waals surface area contributed by atoms with Crippen molar-refractivity contribution in [3.05, 3.63) is 28.2 Å². The van der Waals surface area contributed by atoms with Crippen molar-refractivity contribution < 1.29 is 9.45 Å².